The molecule has 0 aromatic rings. The first kappa shape index (κ1) is 19.8. The molecule has 4 N–H and O–H groups in total. The molecule has 6 rings (SSSR count). The summed E-state index contributed by atoms with van der Waals surface area (Å²) in [6, 6.07) is -0.722. The number of nitrogens with one attached hydrogen (secondary N) is 4. The fraction of sp³-hybridized carbons (Fsp3) is 0.833. The Bertz CT molecular complexity index is 1220. The number of likely N-dealkylation sites (tertiary alicyclic amines) is 2. The van der Waals surface area contributed by atoms with Crippen LogP contribution in [0.2, 0.25) is 0 Å². The zero-order valence-corrected chi connectivity index (χ0v) is 21.9. The van der Waals surface area contributed by atoms with Gasteiger partial charge in [0.1, 0.15) is 0 Å². The van der Waals surface area contributed by atoms with E-state index < -0.39 is 88.1 Å². The molecule has 0 aromatic heterocycles. The van der Waals surface area contributed by atoms with Crippen LogP contribution in [0.15, 0.2) is 0 Å². The van der Waals surface area contributed by atoms with E-state index in [-0.39, 0.29) is 37.8 Å². The Kier molecular flexibility index (Phi) is 6.11. The molecule has 6 aliphatic rings. The van der Waals surface area contributed by atoms with Crippen LogP contribution in [0.1, 0.15) is 49.5 Å². The number of carbonyl (C=O) groups is 4. The topological polar surface area (TPSA) is 160 Å². The molecule has 6 saturated heterocycles. The molecule has 218 valence electrons. The normalized spacial score (nSPS) is 40.5. The van der Waals surface area contributed by atoms with Crippen LogP contribution >= 0.6 is 0 Å². The van der Waals surface area contributed by atoms with Gasteiger partial charge >= 0.3 is 26.2 Å². The van der Waals surface area contributed by atoms with Crippen LogP contribution in [0.25, 0.3) is 0 Å². The second-order valence-corrected chi connectivity index (χ2v) is 10.5. The monoisotopic (exact) mass is 568 g/mol. The second kappa shape index (κ2) is 12.3. The summed E-state index contributed by atoms with van der Waals surface area (Å²) in [6.45, 7) is -7.83. The summed E-state index contributed by atoms with van der Waals surface area (Å²) in [5, 5.41) is 11.3. The maximum atomic E-state index is 13.4. The zero-order valence-electron chi connectivity index (χ0n) is 29.9. The molecule has 2 amide bonds. The van der Waals surface area contributed by atoms with Gasteiger partial charge in [-0.15, -0.1) is 0 Å². The third-order valence-electron chi connectivity index (χ3n) is 7.83. The SMILES string of the molecule is [2H]C([2H])(N[C@@H]1CCNC1)C(=O)N1[C@@H](B2OC(=O)C(C3OB([C@@H]4CCC([2H])([2H])N4C(=O)C([2H])([2H])N[C@@H]4CCNC4)OC3=O)O2)CCC1([2H])[2H]. The van der Waals surface area contributed by atoms with Crippen molar-refractivity contribution < 1.29 is 48.8 Å². The number of hydrogen-bond acceptors (Lipinski definition) is 12. The van der Waals surface area contributed by atoms with E-state index in [1.54, 1.807) is 0 Å². The fourth-order valence-electron chi connectivity index (χ4n) is 5.67. The lowest BCUT2D eigenvalue weighted by Crippen LogP contribution is -2.51. The zero-order chi connectivity index (χ0) is 34.8. The number of hydrogen-bond donors (Lipinski definition) is 4. The van der Waals surface area contributed by atoms with E-state index in [2.05, 4.69) is 21.3 Å². The molecular formula is C24H38B2N6O8. The summed E-state index contributed by atoms with van der Waals surface area (Å²) in [4.78, 5) is 54.3. The Morgan fingerprint density at radius 2 is 1.27 bits per heavy atom. The molecule has 0 saturated carbocycles. The summed E-state index contributed by atoms with van der Waals surface area (Å²) in [5.74, 6) is -7.07. The summed E-state index contributed by atoms with van der Waals surface area (Å²) >= 11 is 0. The van der Waals surface area contributed by atoms with Crippen molar-refractivity contribution in [2.75, 3.05) is 52.2 Å². The van der Waals surface area contributed by atoms with Gasteiger partial charge in [-0.25, -0.2) is 0 Å². The average molecular weight is 568 g/mol. The summed E-state index contributed by atoms with van der Waals surface area (Å²) in [6.07, 6.45) is -2.86. The lowest BCUT2D eigenvalue weighted by atomic mass is 9.76. The lowest BCUT2D eigenvalue weighted by Gasteiger charge is -2.26. The minimum atomic E-state index is -2.66. The molecule has 14 nitrogen and oxygen atoms in total. The number of nitrogens with zero attached hydrogens (tertiary/aromatic N) is 2. The highest BCUT2D eigenvalue weighted by molar-refractivity contribution is 6.53. The van der Waals surface area contributed by atoms with Crippen molar-refractivity contribution in [3.8, 4) is 0 Å². The minimum absolute atomic E-state index is 0.0513. The van der Waals surface area contributed by atoms with Gasteiger partial charge in [0.25, 0.3) is 0 Å². The molecule has 6 atom stereocenters. The lowest BCUT2D eigenvalue weighted by molar-refractivity contribution is -0.147. The van der Waals surface area contributed by atoms with Gasteiger partial charge in [-0.3, -0.25) is 19.2 Å². The first-order valence-corrected chi connectivity index (χ1v) is 13.8. The van der Waals surface area contributed by atoms with Crippen molar-refractivity contribution in [3.05, 3.63) is 0 Å². The van der Waals surface area contributed by atoms with E-state index in [1.165, 1.54) is 0 Å². The van der Waals surface area contributed by atoms with E-state index in [9.17, 15) is 19.2 Å². The standard InChI is InChI=1S/C24H38B2N6O8/c33-19(13-29-15-5-7-27-11-15)31-9-1-3-17(31)25-37-21(23(35)39-25)22-24(36)40-26(38-22)18-4-2-10-32(18)20(34)14-30-16-6-8-28-12-16/h15-18,21-22,27-30H,1-14H2/t15-,16-,17-,18+,21?,22?/m1/s1/i9D2,10D2,13D2,14D2. The molecule has 2 unspecified atom stereocenters. The summed E-state index contributed by atoms with van der Waals surface area (Å²) < 4.78 is 89.3. The van der Waals surface area contributed by atoms with Crippen molar-refractivity contribution in [3.63, 3.8) is 0 Å². The quantitative estimate of drug-likeness (QED) is 0.207. The summed E-state index contributed by atoms with van der Waals surface area (Å²) in [5.41, 5.74) is 0. The highest BCUT2D eigenvalue weighted by Gasteiger charge is 2.59. The largest absolute Gasteiger partial charge is 0.552 e. The Morgan fingerprint density at radius 1 is 0.825 bits per heavy atom. The van der Waals surface area contributed by atoms with Gasteiger partial charge in [0.2, 0.25) is 11.8 Å². The Balaban J connectivity index is 1.14. The molecule has 0 bridgehead atoms. The predicted octanol–water partition coefficient (Wildman–Crippen LogP) is -3.19. The van der Waals surface area contributed by atoms with Gasteiger partial charge in [-0.2, -0.15) is 0 Å². The van der Waals surface area contributed by atoms with E-state index in [4.69, 9.17) is 29.6 Å². The summed E-state index contributed by atoms with van der Waals surface area (Å²) in [7, 11) is -3.16. The van der Waals surface area contributed by atoms with Crippen LogP contribution in [0, 0.1) is 0 Å². The van der Waals surface area contributed by atoms with Crippen molar-refractivity contribution in [2.45, 2.75) is 74.7 Å². The highest BCUT2D eigenvalue weighted by Crippen LogP contribution is 2.31. The Hall–Kier alpha value is -2.23. The van der Waals surface area contributed by atoms with Crippen LogP contribution in [0.4, 0.5) is 0 Å². The maximum Gasteiger partial charge on any atom is 0.552 e. The van der Waals surface area contributed by atoms with Crippen molar-refractivity contribution in [2.24, 2.45) is 0 Å². The van der Waals surface area contributed by atoms with E-state index >= 15 is 0 Å². The van der Waals surface area contributed by atoms with E-state index in [1.807, 2.05) is 0 Å². The highest BCUT2D eigenvalue weighted by atomic mass is 16.7. The van der Waals surface area contributed by atoms with Gasteiger partial charge in [-0.1, -0.05) is 0 Å². The molecule has 40 heavy (non-hydrogen) atoms. The molecule has 6 fully saturated rings. The van der Waals surface area contributed by atoms with E-state index in [0.29, 0.717) is 48.8 Å². The Labute approximate surface area is 245 Å². The van der Waals surface area contributed by atoms with Crippen molar-refractivity contribution in [1.29, 1.82) is 0 Å². The minimum Gasteiger partial charge on any atom is -0.506 e. The molecular weight excluding hydrogens is 522 g/mol. The maximum absolute atomic E-state index is 13.4. The molecule has 0 radical (unpaired) electrons. The predicted molar refractivity (Wildman–Crippen MR) is 141 cm³/mol. The molecule has 0 aliphatic carbocycles. The van der Waals surface area contributed by atoms with Gasteiger partial charge < -0.3 is 49.7 Å². The number of amides is 2. The number of rotatable bonds is 9. The van der Waals surface area contributed by atoms with E-state index in [0.717, 1.165) is 0 Å². The van der Waals surface area contributed by atoms with Gasteiger partial charge in [0, 0.05) is 43.6 Å². The molecule has 6 heterocycles. The van der Waals surface area contributed by atoms with Crippen LogP contribution in [0.3, 0.4) is 0 Å². The van der Waals surface area contributed by atoms with Crippen LogP contribution in [0.5, 0.6) is 0 Å². The first-order chi connectivity index (χ1) is 22.4. The van der Waals surface area contributed by atoms with Crippen LogP contribution in [-0.4, -0.2) is 136 Å². The fourth-order valence-corrected chi connectivity index (χ4v) is 5.67. The van der Waals surface area contributed by atoms with Gasteiger partial charge in [0.15, 0.2) is 12.2 Å². The third kappa shape index (κ3) is 5.88. The number of carbonyl (C=O) groups excluding carboxylic acids is 4. The second-order valence-electron chi connectivity index (χ2n) is 10.5. The van der Waals surface area contributed by atoms with Gasteiger partial charge in [0.05, 0.1) is 30.4 Å². The van der Waals surface area contributed by atoms with Gasteiger partial charge in [-0.05, 0) is 51.6 Å². The van der Waals surface area contributed by atoms with Crippen LogP contribution < -0.4 is 21.3 Å². The Morgan fingerprint density at radius 3 is 1.68 bits per heavy atom. The molecule has 6 aliphatic heterocycles. The first-order valence-electron chi connectivity index (χ1n) is 17.8. The van der Waals surface area contributed by atoms with Crippen molar-refractivity contribution >= 4 is 38.0 Å². The molecule has 0 spiro atoms. The molecule has 0 aromatic carbocycles. The smallest absolute Gasteiger partial charge is 0.506 e. The van der Waals surface area contributed by atoms with Crippen molar-refractivity contribution in [1.82, 2.24) is 31.1 Å². The van der Waals surface area contributed by atoms with Crippen LogP contribution in [-0.2, 0) is 37.8 Å². The molecule has 16 heteroatoms. The third-order valence-corrected chi connectivity index (χ3v) is 7.83. The average Bonchev–Trinajstić information content (AvgIpc) is 3.83.